The van der Waals surface area contributed by atoms with Crippen LogP contribution < -0.4 is 5.32 Å². The molecule has 1 aromatic heterocycles. The van der Waals surface area contributed by atoms with Gasteiger partial charge in [-0.15, -0.1) is 0 Å². The van der Waals surface area contributed by atoms with Crippen molar-refractivity contribution < 1.29 is 9.53 Å². The minimum atomic E-state index is -0.521. The van der Waals surface area contributed by atoms with Crippen LogP contribution in [0.1, 0.15) is 5.69 Å². The van der Waals surface area contributed by atoms with Gasteiger partial charge in [0.15, 0.2) is 0 Å². The zero-order valence-corrected chi connectivity index (χ0v) is 8.05. The molecule has 0 aliphatic carbocycles. The van der Waals surface area contributed by atoms with Crippen molar-refractivity contribution in [2.24, 2.45) is 0 Å². The number of aryl methyl sites for hydroxylation is 1. The van der Waals surface area contributed by atoms with Crippen molar-refractivity contribution in [3.05, 3.63) is 23.0 Å². The normalized spacial score (nSPS) is 9.46. The summed E-state index contributed by atoms with van der Waals surface area (Å²) in [7, 11) is 1.30. The summed E-state index contributed by atoms with van der Waals surface area (Å²) in [5.74, 6) is 0. The van der Waals surface area contributed by atoms with Crippen molar-refractivity contribution >= 4 is 23.4 Å². The average molecular weight is 201 g/mol. The van der Waals surface area contributed by atoms with E-state index in [0.29, 0.717) is 16.5 Å². The summed E-state index contributed by atoms with van der Waals surface area (Å²) in [6.07, 6.45) is -0.521. The molecule has 4 nitrogen and oxygen atoms in total. The zero-order valence-electron chi connectivity index (χ0n) is 7.30. The molecule has 1 aromatic rings. The van der Waals surface area contributed by atoms with E-state index in [-0.39, 0.29) is 0 Å². The molecule has 13 heavy (non-hydrogen) atoms. The highest BCUT2D eigenvalue weighted by Gasteiger charge is 2.04. The van der Waals surface area contributed by atoms with Crippen LogP contribution in [0.4, 0.5) is 10.5 Å². The minimum Gasteiger partial charge on any atom is -0.453 e. The SMILES string of the molecule is COC(=O)Nc1ccc(Cl)nc1C. The van der Waals surface area contributed by atoms with Crippen molar-refractivity contribution in [2.75, 3.05) is 12.4 Å². The van der Waals surface area contributed by atoms with Crippen molar-refractivity contribution in [2.45, 2.75) is 6.92 Å². The second-order valence-electron chi connectivity index (χ2n) is 2.38. The highest BCUT2D eigenvalue weighted by atomic mass is 35.5. The number of nitrogens with zero attached hydrogens (tertiary/aromatic N) is 1. The predicted octanol–water partition coefficient (Wildman–Crippen LogP) is 2.22. The third-order valence-electron chi connectivity index (χ3n) is 1.47. The first-order valence-corrected chi connectivity index (χ1v) is 3.99. The first kappa shape index (κ1) is 9.80. The van der Waals surface area contributed by atoms with E-state index >= 15 is 0 Å². The quantitative estimate of drug-likeness (QED) is 0.708. The monoisotopic (exact) mass is 200 g/mol. The van der Waals surface area contributed by atoms with E-state index < -0.39 is 6.09 Å². The lowest BCUT2D eigenvalue weighted by atomic mass is 10.3. The van der Waals surface area contributed by atoms with E-state index in [9.17, 15) is 4.79 Å². The lowest BCUT2D eigenvalue weighted by molar-refractivity contribution is 0.187. The van der Waals surface area contributed by atoms with Crippen LogP contribution in [0.2, 0.25) is 5.15 Å². The van der Waals surface area contributed by atoms with Crippen molar-refractivity contribution in [1.29, 1.82) is 0 Å². The molecule has 0 spiro atoms. The van der Waals surface area contributed by atoms with E-state index in [4.69, 9.17) is 11.6 Å². The van der Waals surface area contributed by atoms with Gasteiger partial charge in [0.2, 0.25) is 0 Å². The molecule has 5 heteroatoms. The third-order valence-corrected chi connectivity index (χ3v) is 1.68. The molecule has 0 saturated carbocycles. The summed E-state index contributed by atoms with van der Waals surface area (Å²) >= 11 is 5.63. The number of carbonyl (C=O) groups excluding carboxylic acids is 1. The molecule has 70 valence electrons. The van der Waals surface area contributed by atoms with Crippen LogP contribution >= 0.6 is 11.6 Å². The van der Waals surface area contributed by atoms with Crippen molar-refractivity contribution in [3.8, 4) is 0 Å². The van der Waals surface area contributed by atoms with Gasteiger partial charge in [0.25, 0.3) is 0 Å². The van der Waals surface area contributed by atoms with Crippen LogP contribution in [0.25, 0.3) is 0 Å². The number of rotatable bonds is 1. The van der Waals surface area contributed by atoms with Gasteiger partial charge in [-0.1, -0.05) is 11.6 Å². The van der Waals surface area contributed by atoms with Gasteiger partial charge in [-0.3, -0.25) is 5.32 Å². The lowest BCUT2D eigenvalue weighted by Crippen LogP contribution is -2.12. The number of carbonyl (C=O) groups is 1. The molecule has 0 unspecified atom stereocenters. The van der Waals surface area contributed by atoms with Crippen LogP contribution in [-0.4, -0.2) is 18.2 Å². The Morgan fingerprint density at radius 3 is 2.85 bits per heavy atom. The van der Waals surface area contributed by atoms with Gasteiger partial charge in [-0.2, -0.15) is 0 Å². The number of anilines is 1. The molecule has 0 aliphatic rings. The Bertz CT molecular complexity index is 328. The summed E-state index contributed by atoms with van der Waals surface area (Å²) < 4.78 is 4.43. The maximum Gasteiger partial charge on any atom is 0.411 e. The van der Waals surface area contributed by atoms with E-state index in [0.717, 1.165) is 0 Å². The molecule has 0 aliphatic heterocycles. The smallest absolute Gasteiger partial charge is 0.411 e. The van der Waals surface area contributed by atoms with E-state index in [2.05, 4.69) is 15.0 Å². The number of aromatic nitrogens is 1. The molecule has 0 radical (unpaired) electrons. The number of amides is 1. The van der Waals surface area contributed by atoms with Gasteiger partial charge < -0.3 is 4.74 Å². The Morgan fingerprint density at radius 2 is 2.31 bits per heavy atom. The van der Waals surface area contributed by atoms with Crippen LogP contribution in [0, 0.1) is 6.92 Å². The maximum atomic E-state index is 10.8. The highest BCUT2D eigenvalue weighted by Crippen LogP contribution is 2.15. The van der Waals surface area contributed by atoms with Crippen LogP contribution in [0.3, 0.4) is 0 Å². The molecule has 0 saturated heterocycles. The molecule has 1 N–H and O–H groups in total. The Labute approximate surface area is 80.9 Å². The molecular weight excluding hydrogens is 192 g/mol. The van der Waals surface area contributed by atoms with Gasteiger partial charge in [0, 0.05) is 0 Å². The molecular formula is C8H9ClN2O2. The molecule has 1 rings (SSSR count). The van der Waals surface area contributed by atoms with Crippen LogP contribution in [-0.2, 0) is 4.74 Å². The summed E-state index contributed by atoms with van der Waals surface area (Å²) in [5, 5.41) is 2.90. The zero-order chi connectivity index (χ0) is 9.84. The van der Waals surface area contributed by atoms with Gasteiger partial charge in [-0.05, 0) is 19.1 Å². The number of nitrogens with one attached hydrogen (secondary N) is 1. The van der Waals surface area contributed by atoms with Gasteiger partial charge in [-0.25, -0.2) is 9.78 Å². The van der Waals surface area contributed by atoms with Crippen molar-refractivity contribution in [1.82, 2.24) is 4.98 Å². The second kappa shape index (κ2) is 4.09. The number of methoxy groups -OCH3 is 1. The maximum absolute atomic E-state index is 10.8. The largest absolute Gasteiger partial charge is 0.453 e. The first-order chi connectivity index (χ1) is 6.13. The summed E-state index contributed by atoms with van der Waals surface area (Å²) in [6.45, 7) is 1.75. The molecule has 0 atom stereocenters. The standard InChI is InChI=1S/C8H9ClN2O2/c1-5-6(11-8(12)13-2)3-4-7(9)10-5/h3-4H,1-2H3,(H,11,12). The Kier molecular flexibility index (Phi) is 3.08. The summed E-state index contributed by atoms with van der Waals surface area (Å²) in [6, 6.07) is 3.27. The summed E-state index contributed by atoms with van der Waals surface area (Å²) in [5.41, 5.74) is 1.24. The minimum absolute atomic E-state index is 0.396. The number of ether oxygens (including phenoxy) is 1. The second-order valence-corrected chi connectivity index (χ2v) is 2.77. The van der Waals surface area contributed by atoms with E-state index in [1.165, 1.54) is 7.11 Å². The molecule has 0 bridgehead atoms. The van der Waals surface area contributed by atoms with Crippen LogP contribution in [0.15, 0.2) is 12.1 Å². The fraction of sp³-hybridized carbons (Fsp3) is 0.250. The molecule has 0 aromatic carbocycles. The topological polar surface area (TPSA) is 51.2 Å². The Balaban J connectivity index is 2.83. The lowest BCUT2D eigenvalue weighted by Gasteiger charge is -2.05. The van der Waals surface area contributed by atoms with E-state index in [1.807, 2.05) is 0 Å². The Hall–Kier alpha value is -1.29. The number of hydrogen-bond donors (Lipinski definition) is 1. The third kappa shape index (κ3) is 2.59. The van der Waals surface area contributed by atoms with E-state index in [1.54, 1.807) is 19.1 Å². The Morgan fingerprint density at radius 1 is 1.62 bits per heavy atom. The number of pyridine rings is 1. The number of hydrogen-bond acceptors (Lipinski definition) is 3. The van der Waals surface area contributed by atoms with Crippen LogP contribution in [0.5, 0.6) is 0 Å². The predicted molar refractivity (Wildman–Crippen MR) is 50.0 cm³/mol. The van der Waals surface area contributed by atoms with Crippen molar-refractivity contribution in [3.63, 3.8) is 0 Å². The first-order valence-electron chi connectivity index (χ1n) is 3.61. The number of halogens is 1. The highest BCUT2D eigenvalue weighted by molar-refractivity contribution is 6.29. The fourth-order valence-electron chi connectivity index (χ4n) is 0.824. The molecule has 1 heterocycles. The van der Waals surface area contributed by atoms with Gasteiger partial charge in [0.05, 0.1) is 18.5 Å². The summed E-state index contributed by atoms with van der Waals surface area (Å²) in [4.78, 5) is 14.8. The fourth-order valence-corrected chi connectivity index (χ4v) is 1.01. The van der Waals surface area contributed by atoms with Gasteiger partial charge >= 0.3 is 6.09 Å². The average Bonchev–Trinajstić information content (AvgIpc) is 2.09. The molecule has 0 fully saturated rings. The van der Waals surface area contributed by atoms with Gasteiger partial charge in [0.1, 0.15) is 5.15 Å². The molecule has 1 amide bonds.